The fraction of sp³-hybridized carbons (Fsp3) is 0.290. The molecule has 0 amide bonds. The Labute approximate surface area is 211 Å². The van der Waals surface area contributed by atoms with Crippen molar-refractivity contribution in [3.05, 3.63) is 89.6 Å². The summed E-state index contributed by atoms with van der Waals surface area (Å²) in [5.41, 5.74) is 8.54. The second-order valence-electron chi connectivity index (χ2n) is 10.5. The van der Waals surface area contributed by atoms with Gasteiger partial charge in [0, 0.05) is 34.9 Å². The quantitative estimate of drug-likeness (QED) is 0.298. The number of fused-ring (bicyclic) bond motifs is 2. The van der Waals surface area contributed by atoms with Gasteiger partial charge in [-0.15, -0.1) is 0 Å². The molecule has 3 atom stereocenters. The standard InChI is InChI=1S/C31H31FN4/c1-18-11-27-26(15-21(4)35-31(27)28(32)12-18)29-17-33-30-16-24(9-10-36(29)30)22-5-7-23(8-6-22)25-13-19(2)34-20(3)14-25/h5-12,15-17,19-20,25,34H,13-14H2,1-4H3/t19-,20+,25?. The van der Waals surface area contributed by atoms with Crippen molar-refractivity contribution in [1.82, 2.24) is 19.7 Å². The van der Waals surface area contributed by atoms with Crippen LogP contribution in [-0.4, -0.2) is 26.5 Å². The van der Waals surface area contributed by atoms with E-state index in [2.05, 4.69) is 71.1 Å². The molecule has 0 saturated carbocycles. The van der Waals surface area contributed by atoms with Gasteiger partial charge in [0.2, 0.25) is 0 Å². The number of rotatable bonds is 3. The first-order valence-electron chi connectivity index (χ1n) is 12.8. The molecule has 5 aromatic rings. The summed E-state index contributed by atoms with van der Waals surface area (Å²) in [6, 6.07) is 19.9. The van der Waals surface area contributed by atoms with E-state index in [9.17, 15) is 4.39 Å². The lowest BCUT2D eigenvalue weighted by Crippen LogP contribution is -2.41. The first-order valence-corrected chi connectivity index (χ1v) is 12.8. The Bertz CT molecular complexity index is 1570. The summed E-state index contributed by atoms with van der Waals surface area (Å²) in [6.45, 7) is 8.36. The van der Waals surface area contributed by atoms with E-state index < -0.39 is 0 Å². The van der Waals surface area contributed by atoms with E-state index in [1.165, 1.54) is 30.0 Å². The maximum absolute atomic E-state index is 14.7. The van der Waals surface area contributed by atoms with Crippen LogP contribution in [0.1, 0.15) is 49.4 Å². The minimum Gasteiger partial charge on any atom is -0.312 e. The van der Waals surface area contributed by atoms with E-state index in [0.29, 0.717) is 23.5 Å². The summed E-state index contributed by atoms with van der Waals surface area (Å²) in [7, 11) is 0. The molecule has 4 nitrogen and oxygen atoms in total. The SMILES string of the molecule is Cc1cc(F)c2nc(C)cc(-c3cnc4cc(-c5ccc(C6C[C@@H](C)N[C@@H](C)C6)cc5)ccn34)c2c1. The molecule has 3 aromatic heterocycles. The topological polar surface area (TPSA) is 42.2 Å². The summed E-state index contributed by atoms with van der Waals surface area (Å²) < 4.78 is 16.8. The van der Waals surface area contributed by atoms with Crippen LogP contribution >= 0.6 is 0 Å². The number of nitrogens with zero attached hydrogens (tertiary/aromatic N) is 3. The van der Waals surface area contributed by atoms with Crippen molar-refractivity contribution in [2.24, 2.45) is 0 Å². The highest BCUT2D eigenvalue weighted by Gasteiger charge is 2.24. The van der Waals surface area contributed by atoms with Crippen LogP contribution in [0.15, 0.2) is 67.0 Å². The molecule has 0 bridgehead atoms. The van der Waals surface area contributed by atoms with Crippen LogP contribution in [0.2, 0.25) is 0 Å². The zero-order valence-corrected chi connectivity index (χ0v) is 21.2. The van der Waals surface area contributed by atoms with Gasteiger partial charge in [0.05, 0.1) is 11.9 Å². The summed E-state index contributed by atoms with van der Waals surface area (Å²) in [5, 5.41) is 4.44. The number of pyridine rings is 2. The van der Waals surface area contributed by atoms with Gasteiger partial charge < -0.3 is 5.32 Å². The number of aromatic nitrogens is 3. The molecule has 1 aliphatic heterocycles. The molecule has 2 aromatic carbocycles. The van der Waals surface area contributed by atoms with Crippen molar-refractivity contribution in [3.8, 4) is 22.4 Å². The highest BCUT2D eigenvalue weighted by Crippen LogP contribution is 2.34. The highest BCUT2D eigenvalue weighted by atomic mass is 19.1. The lowest BCUT2D eigenvalue weighted by Gasteiger charge is -2.33. The number of imidazole rings is 1. The van der Waals surface area contributed by atoms with Gasteiger partial charge in [0.1, 0.15) is 17.0 Å². The van der Waals surface area contributed by atoms with Gasteiger partial charge in [-0.2, -0.15) is 0 Å². The van der Waals surface area contributed by atoms with Crippen LogP contribution in [0.3, 0.4) is 0 Å². The third kappa shape index (κ3) is 4.07. The average Bonchev–Trinajstić information content (AvgIpc) is 3.27. The molecule has 6 rings (SSSR count). The van der Waals surface area contributed by atoms with Crippen LogP contribution in [0.4, 0.5) is 4.39 Å². The molecule has 1 N–H and O–H groups in total. The van der Waals surface area contributed by atoms with Crippen molar-refractivity contribution in [2.45, 2.75) is 58.5 Å². The lowest BCUT2D eigenvalue weighted by molar-refractivity contribution is 0.317. The van der Waals surface area contributed by atoms with E-state index in [1.54, 1.807) is 0 Å². The Kier molecular flexibility index (Phi) is 5.60. The van der Waals surface area contributed by atoms with Crippen LogP contribution in [0.25, 0.3) is 38.9 Å². The molecule has 0 spiro atoms. The molecule has 0 aliphatic carbocycles. The van der Waals surface area contributed by atoms with Gasteiger partial charge in [-0.05, 0) is 99.0 Å². The Hall–Kier alpha value is -3.57. The number of halogens is 1. The molecule has 4 heterocycles. The number of aryl methyl sites for hydroxylation is 2. The molecular weight excluding hydrogens is 447 g/mol. The minimum atomic E-state index is -0.289. The van der Waals surface area contributed by atoms with E-state index in [1.807, 2.05) is 32.2 Å². The predicted molar refractivity (Wildman–Crippen MR) is 145 cm³/mol. The van der Waals surface area contributed by atoms with E-state index in [-0.39, 0.29) is 5.82 Å². The fourth-order valence-corrected chi connectivity index (χ4v) is 5.91. The molecule has 36 heavy (non-hydrogen) atoms. The summed E-state index contributed by atoms with van der Waals surface area (Å²) in [4.78, 5) is 9.17. The minimum absolute atomic E-state index is 0.289. The molecule has 5 heteroatoms. The fourth-order valence-electron chi connectivity index (χ4n) is 5.91. The monoisotopic (exact) mass is 478 g/mol. The predicted octanol–water partition coefficient (Wildman–Crippen LogP) is 7.22. The largest absolute Gasteiger partial charge is 0.312 e. The van der Waals surface area contributed by atoms with Crippen molar-refractivity contribution >= 4 is 16.6 Å². The smallest absolute Gasteiger partial charge is 0.149 e. The maximum atomic E-state index is 14.7. The number of hydrogen-bond donors (Lipinski definition) is 1. The van der Waals surface area contributed by atoms with Crippen LogP contribution in [-0.2, 0) is 0 Å². The summed E-state index contributed by atoms with van der Waals surface area (Å²) in [5.74, 6) is 0.317. The van der Waals surface area contributed by atoms with Gasteiger partial charge in [0.15, 0.2) is 0 Å². The number of hydrogen-bond acceptors (Lipinski definition) is 3. The van der Waals surface area contributed by atoms with E-state index >= 15 is 0 Å². The van der Waals surface area contributed by atoms with Crippen LogP contribution < -0.4 is 5.32 Å². The maximum Gasteiger partial charge on any atom is 0.149 e. The van der Waals surface area contributed by atoms with Gasteiger partial charge in [0.25, 0.3) is 0 Å². The first-order chi connectivity index (χ1) is 17.4. The molecule has 1 saturated heterocycles. The second kappa shape index (κ2) is 8.82. The number of nitrogens with one attached hydrogen (secondary N) is 1. The zero-order valence-electron chi connectivity index (χ0n) is 21.2. The van der Waals surface area contributed by atoms with Crippen molar-refractivity contribution in [3.63, 3.8) is 0 Å². The highest BCUT2D eigenvalue weighted by molar-refractivity contribution is 5.95. The number of benzene rings is 2. The van der Waals surface area contributed by atoms with Crippen molar-refractivity contribution in [1.29, 1.82) is 0 Å². The van der Waals surface area contributed by atoms with Gasteiger partial charge in [-0.1, -0.05) is 24.3 Å². The third-order valence-corrected chi connectivity index (χ3v) is 7.49. The summed E-state index contributed by atoms with van der Waals surface area (Å²) in [6.07, 6.45) is 6.29. The molecule has 1 aliphatic rings. The van der Waals surface area contributed by atoms with E-state index in [4.69, 9.17) is 4.98 Å². The van der Waals surface area contributed by atoms with Crippen molar-refractivity contribution in [2.75, 3.05) is 0 Å². The second-order valence-corrected chi connectivity index (χ2v) is 10.5. The average molecular weight is 479 g/mol. The Morgan fingerprint density at radius 2 is 1.67 bits per heavy atom. The summed E-state index contributed by atoms with van der Waals surface area (Å²) >= 11 is 0. The van der Waals surface area contributed by atoms with E-state index in [0.717, 1.165) is 39.1 Å². The lowest BCUT2D eigenvalue weighted by atomic mass is 9.83. The van der Waals surface area contributed by atoms with Gasteiger partial charge in [-0.25, -0.2) is 9.37 Å². The first kappa shape index (κ1) is 22.9. The molecular formula is C31H31FN4. The van der Waals surface area contributed by atoms with Crippen LogP contribution in [0.5, 0.6) is 0 Å². The Morgan fingerprint density at radius 1 is 0.917 bits per heavy atom. The number of piperidine rings is 1. The van der Waals surface area contributed by atoms with Crippen molar-refractivity contribution < 1.29 is 4.39 Å². The third-order valence-electron chi connectivity index (χ3n) is 7.49. The molecule has 0 radical (unpaired) electrons. The van der Waals surface area contributed by atoms with Crippen LogP contribution in [0, 0.1) is 19.7 Å². The Morgan fingerprint density at radius 3 is 2.42 bits per heavy atom. The van der Waals surface area contributed by atoms with Gasteiger partial charge in [-0.3, -0.25) is 9.38 Å². The Balaban J connectivity index is 1.36. The van der Waals surface area contributed by atoms with Gasteiger partial charge >= 0.3 is 0 Å². The zero-order chi connectivity index (χ0) is 25.0. The molecule has 1 fully saturated rings. The molecule has 182 valence electrons. The normalized spacial score (nSPS) is 20.3. The molecule has 1 unspecified atom stereocenters.